The van der Waals surface area contributed by atoms with Crippen LogP contribution in [0.3, 0.4) is 0 Å². The van der Waals surface area contributed by atoms with Gasteiger partial charge in [0.25, 0.3) is 0 Å². The van der Waals surface area contributed by atoms with Crippen molar-refractivity contribution in [3.63, 3.8) is 0 Å². The number of nitrogens with zero attached hydrogens (tertiary/aromatic N) is 2. The number of nitrogens with one attached hydrogen (secondary N) is 1. The molecule has 1 saturated heterocycles. The Balaban J connectivity index is 2.25. The predicted molar refractivity (Wildman–Crippen MR) is 77.8 cm³/mol. The first-order valence-corrected chi connectivity index (χ1v) is 7.18. The van der Waals surface area contributed by atoms with Gasteiger partial charge in [0.2, 0.25) is 0 Å². The molecule has 1 aliphatic rings. The molecular formula is C16H23N3. The highest BCUT2D eigenvalue weighted by atomic mass is 15.2. The smallest absolute Gasteiger partial charge is 0.0991 e. The molecule has 0 radical (unpaired) electrons. The van der Waals surface area contributed by atoms with Gasteiger partial charge in [0.15, 0.2) is 0 Å². The van der Waals surface area contributed by atoms with Crippen molar-refractivity contribution in [1.82, 2.24) is 10.2 Å². The van der Waals surface area contributed by atoms with Gasteiger partial charge in [-0.15, -0.1) is 0 Å². The van der Waals surface area contributed by atoms with Gasteiger partial charge in [-0.3, -0.25) is 4.90 Å². The Kier molecular flexibility index (Phi) is 4.95. The van der Waals surface area contributed by atoms with Gasteiger partial charge in [0.1, 0.15) is 0 Å². The number of hydrogen-bond acceptors (Lipinski definition) is 3. The lowest BCUT2D eigenvalue weighted by Crippen LogP contribution is -2.41. The second-order valence-electron chi connectivity index (χ2n) is 5.27. The molecule has 0 aliphatic carbocycles. The lowest BCUT2D eigenvalue weighted by atomic mass is 9.84. The molecule has 2 unspecified atom stereocenters. The minimum Gasteiger partial charge on any atom is -0.319 e. The SMILES string of the molecule is CCN1CCCC(CNC)C1c1ccc(C#N)cc1. The summed E-state index contributed by atoms with van der Waals surface area (Å²) in [5.74, 6) is 0.659. The second-order valence-corrected chi connectivity index (χ2v) is 5.27. The summed E-state index contributed by atoms with van der Waals surface area (Å²) in [6.45, 7) is 5.56. The molecule has 1 aromatic rings. The van der Waals surface area contributed by atoms with Crippen LogP contribution >= 0.6 is 0 Å². The normalized spacial score (nSPS) is 24.1. The van der Waals surface area contributed by atoms with E-state index in [4.69, 9.17) is 5.26 Å². The van der Waals surface area contributed by atoms with Crippen LogP contribution in [0.2, 0.25) is 0 Å². The summed E-state index contributed by atoms with van der Waals surface area (Å²) in [4.78, 5) is 2.56. The number of nitriles is 1. The van der Waals surface area contributed by atoms with Crippen LogP contribution in [0, 0.1) is 17.2 Å². The molecule has 0 spiro atoms. The molecule has 3 nitrogen and oxygen atoms in total. The quantitative estimate of drug-likeness (QED) is 0.901. The standard InChI is InChI=1S/C16H23N3/c1-3-19-10-4-5-15(12-18-2)16(19)14-8-6-13(11-17)7-9-14/h6-9,15-16,18H,3-5,10,12H2,1-2H3. The van der Waals surface area contributed by atoms with Crippen molar-refractivity contribution in [3.8, 4) is 6.07 Å². The molecule has 0 aromatic heterocycles. The van der Waals surface area contributed by atoms with Gasteiger partial charge in [0, 0.05) is 6.04 Å². The molecule has 2 rings (SSSR count). The fraction of sp³-hybridized carbons (Fsp3) is 0.562. The minimum absolute atomic E-state index is 0.485. The van der Waals surface area contributed by atoms with Gasteiger partial charge in [-0.2, -0.15) is 5.26 Å². The summed E-state index contributed by atoms with van der Waals surface area (Å²) >= 11 is 0. The van der Waals surface area contributed by atoms with Crippen LogP contribution in [0.4, 0.5) is 0 Å². The Morgan fingerprint density at radius 2 is 2.11 bits per heavy atom. The first-order chi connectivity index (χ1) is 9.30. The minimum atomic E-state index is 0.485. The summed E-state index contributed by atoms with van der Waals surface area (Å²) in [6.07, 6.45) is 2.56. The van der Waals surface area contributed by atoms with Crippen LogP contribution in [0.15, 0.2) is 24.3 Å². The van der Waals surface area contributed by atoms with E-state index in [1.165, 1.54) is 24.9 Å². The van der Waals surface area contributed by atoms with Crippen LogP contribution in [0.5, 0.6) is 0 Å². The van der Waals surface area contributed by atoms with Crippen molar-refractivity contribution < 1.29 is 0 Å². The molecule has 1 fully saturated rings. The predicted octanol–water partition coefficient (Wildman–Crippen LogP) is 2.55. The molecule has 1 N–H and O–H groups in total. The van der Waals surface area contributed by atoms with Crippen molar-refractivity contribution in [2.24, 2.45) is 5.92 Å². The van der Waals surface area contributed by atoms with Gasteiger partial charge in [0.05, 0.1) is 11.6 Å². The first-order valence-electron chi connectivity index (χ1n) is 7.18. The van der Waals surface area contributed by atoms with E-state index in [0.29, 0.717) is 12.0 Å². The van der Waals surface area contributed by atoms with Crippen molar-refractivity contribution in [3.05, 3.63) is 35.4 Å². The van der Waals surface area contributed by atoms with Crippen molar-refractivity contribution >= 4 is 0 Å². The third-order valence-corrected chi connectivity index (χ3v) is 4.11. The number of likely N-dealkylation sites (tertiary alicyclic amines) is 1. The summed E-state index contributed by atoms with van der Waals surface area (Å²) in [6, 6.07) is 10.8. The molecule has 2 atom stereocenters. The lowest BCUT2D eigenvalue weighted by molar-refractivity contribution is 0.0982. The molecule has 1 heterocycles. The fourth-order valence-electron chi connectivity index (χ4n) is 3.22. The molecular weight excluding hydrogens is 234 g/mol. The zero-order chi connectivity index (χ0) is 13.7. The monoisotopic (exact) mass is 257 g/mol. The molecule has 0 saturated carbocycles. The Labute approximate surface area is 116 Å². The zero-order valence-corrected chi connectivity index (χ0v) is 11.9. The first kappa shape index (κ1) is 14.0. The highest BCUT2D eigenvalue weighted by molar-refractivity contribution is 5.33. The lowest BCUT2D eigenvalue weighted by Gasteiger charge is -2.41. The molecule has 0 amide bonds. The number of benzene rings is 1. The molecule has 0 bridgehead atoms. The van der Waals surface area contributed by atoms with Crippen LogP contribution in [-0.2, 0) is 0 Å². The van der Waals surface area contributed by atoms with E-state index in [-0.39, 0.29) is 0 Å². The molecule has 19 heavy (non-hydrogen) atoms. The van der Waals surface area contributed by atoms with Gasteiger partial charge < -0.3 is 5.32 Å². The average molecular weight is 257 g/mol. The van der Waals surface area contributed by atoms with E-state index in [0.717, 1.165) is 18.7 Å². The third-order valence-electron chi connectivity index (χ3n) is 4.11. The van der Waals surface area contributed by atoms with Gasteiger partial charge in [-0.25, -0.2) is 0 Å². The number of hydrogen-bond donors (Lipinski definition) is 1. The fourth-order valence-corrected chi connectivity index (χ4v) is 3.22. The topological polar surface area (TPSA) is 39.1 Å². The molecule has 1 aliphatic heterocycles. The largest absolute Gasteiger partial charge is 0.319 e. The van der Waals surface area contributed by atoms with Crippen LogP contribution in [0.1, 0.15) is 36.9 Å². The molecule has 3 heteroatoms. The third kappa shape index (κ3) is 3.15. The van der Waals surface area contributed by atoms with E-state index < -0.39 is 0 Å². The maximum absolute atomic E-state index is 8.90. The van der Waals surface area contributed by atoms with E-state index >= 15 is 0 Å². The van der Waals surface area contributed by atoms with E-state index in [2.05, 4.69) is 35.3 Å². The number of piperidine rings is 1. The van der Waals surface area contributed by atoms with Crippen LogP contribution < -0.4 is 5.32 Å². The average Bonchev–Trinajstić information content (AvgIpc) is 2.47. The summed E-state index contributed by atoms with van der Waals surface area (Å²) < 4.78 is 0. The van der Waals surface area contributed by atoms with Crippen molar-refractivity contribution in [2.75, 3.05) is 26.7 Å². The molecule has 102 valence electrons. The summed E-state index contributed by atoms with van der Waals surface area (Å²) in [7, 11) is 2.03. The Morgan fingerprint density at radius 3 is 2.68 bits per heavy atom. The Bertz CT molecular complexity index is 430. The Morgan fingerprint density at radius 1 is 1.37 bits per heavy atom. The maximum Gasteiger partial charge on any atom is 0.0991 e. The highest BCUT2D eigenvalue weighted by Crippen LogP contribution is 2.35. The van der Waals surface area contributed by atoms with Gasteiger partial charge >= 0.3 is 0 Å². The maximum atomic E-state index is 8.90. The number of rotatable bonds is 4. The highest BCUT2D eigenvalue weighted by Gasteiger charge is 2.31. The van der Waals surface area contributed by atoms with Gasteiger partial charge in [-0.05, 0) is 63.1 Å². The van der Waals surface area contributed by atoms with E-state index in [1.54, 1.807) is 0 Å². The Hall–Kier alpha value is -1.37. The van der Waals surface area contributed by atoms with E-state index in [1.807, 2.05) is 19.2 Å². The van der Waals surface area contributed by atoms with E-state index in [9.17, 15) is 0 Å². The van der Waals surface area contributed by atoms with Crippen molar-refractivity contribution in [2.45, 2.75) is 25.8 Å². The summed E-state index contributed by atoms with van der Waals surface area (Å²) in [5, 5.41) is 12.2. The van der Waals surface area contributed by atoms with Crippen LogP contribution in [-0.4, -0.2) is 31.6 Å². The summed E-state index contributed by atoms with van der Waals surface area (Å²) in [5.41, 5.74) is 2.09. The second kappa shape index (κ2) is 6.70. The molecule has 1 aromatic carbocycles. The van der Waals surface area contributed by atoms with Gasteiger partial charge in [-0.1, -0.05) is 19.1 Å². The van der Waals surface area contributed by atoms with Crippen molar-refractivity contribution in [1.29, 1.82) is 5.26 Å². The van der Waals surface area contributed by atoms with Crippen LogP contribution in [0.25, 0.3) is 0 Å². The zero-order valence-electron chi connectivity index (χ0n) is 11.9.